The van der Waals surface area contributed by atoms with Crippen LogP contribution in [0.25, 0.3) is 0 Å². The summed E-state index contributed by atoms with van der Waals surface area (Å²) in [6.07, 6.45) is 6.76. The van der Waals surface area contributed by atoms with Crippen molar-refractivity contribution in [2.45, 2.75) is 68.4 Å². The largest absolute Gasteiger partial charge is 0.472 e. The third-order valence-corrected chi connectivity index (χ3v) is 8.71. The van der Waals surface area contributed by atoms with E-state index in [0.29, 0.717) is 29.8 Å². The number of fused-ring (bicyclic) bond motifs is 1. The Morgan fingerprint density at radius 3 is 2.38 bits per heavy atom. The normalized spacial score (nSPS) is 25.0. The minimum Gasteiger partial charge on any atom is -0.472 e. The molecule has 1 saturated carbocycles. The van der Waals surface area contributed by atoms with Crippen LogP contribution in [-0.4, -0.2) is 65.9 Å². The second-order valence-corrected chi connectivity index (χ2v) is 12.3. The quantitative estimate of drug-likeness (QED) is 0.688. The molecule has 0 unspecified atom stereocenters. The van der Waals surface area contributed by atoms with Crippen molar-refractivity contribution in [1.82, 2.24) is 19.2 Å². The molecule has 0 spiro atoms. The number of hydrogen-bond acceptors (Lipinski definition) is 6. The number of aromatic nitrogens is 2. The predicted molar refractivity (Wildman–Crippen MR) is 122 cm³/mol. The topological polar surface area (TPSA) is 75.6 Å². The van der Waals surface area contributed by atoms with E-state index in [1.165, 1.54) is 12.8 Å². The van der Waals surface area contributed by atoms with E-state index in [9.17, 15) is 8.42 Å². The van der Waals surface area contributed by atoms with Crippen LogP contribution in [0.4, 0.5) is 0 Å². The van der Waals surface area contributed by atoms with Crippen LogP contribution >= 0.6 is 0 Å². The van der Waals surface area contributed by atoms with Crippen LogP contribution in [-0.2, 0) is 15.4 Å². The van der Waals surface area contributed by atoms with E-state index in [4.69, 9.17) is 4.74 Å². The predicted octanol–water partition coefficient (Wildman–Crippen LogP) is 3.18. The van der Waals surface area contributed by atoms with Crippen molar-refractivity contribution >= 4 is 10.0 Å². The summed E-state index contributed by atoms with van der Waals surface area (Å²) in [5, 5.41) is 0. The zero-order chi connectivity index (χ0) is 22.5. The molecule has 7 nitrogen and oxygen atoms in total. The molecule has 2 aromatic rings. The molecular formula is C24H32N4O3S. The van der Waals surface area contributed by atoms with Crippen molar-refractivity contribution in [3.8, 4) is 5.88 Å². The molecule has 3 fully saturated rings. The first-order valence-electron chi connectivity index (χ1n) is 11.5. The molecule has 0 radical (unpaired) electrons. The van der Waals surface area contributed by atoms with Gasteiger partial charge in [-0.05, 0) is 36.0 Å². The van der Waals surface area contributed by atoms with Crippen LogP contribution in [0.2, 0.25) is 0 Å². The van der Waals surface area contributed by atoms with Crippen LogP contribution in [0.5, 0.6) is 5.88 Å². The van der Waals surface area contributed by atoms with Gasteiger partial charge in [0.05, 0.1) is 23.0 Å². The third kappa shape index (κ3) is 4.40. The fourth-order valence-corrected chi connectivity index (χ4v) is 6.16. The molecule has 1 aromatic heterocycles. The number of sulfonamides is 1. The minimum absolute atomic E-state index is 0.00459. The molecule has 172 valence electrons. The van der Waals surface area contributed by atoms with Gasteiger partial charge in [-0.3, -0.25) is 9.88 Å². The first-order chi connectivity index (χ1) is 15.2. The number of rotatable bonds is 5. The Hall–Kier alpha value is -2.03. The van der Waals surface area contributed by atoms with Gasteiger partial charge in [-0.2, -0.15) is 4.31 Å². The van der Waals surface area contributed by atoms with Crippen molar-refractivity contribution in [1.29, 1.82) is 0 Å². The maximum atomic E-state index is 13.3. The SMILES string of the molecule is CC(C)(C)c1ccc(S(=O)(=O)N2CCN3C[C@@H](Oc4cnc(C5CC5)cn4)C[C@H]3C2)cc1. The van der Waals surface area contributed by atoms with Gasteiger partial charge in [0.25, 0.3) is 0 Å². The molecule has 3 aliphatic rings. The number of nitrogens with zero attached hydrogens (tertiary/aromatic N) is 4. The lowest BCUT2D eigenvalue weighted by Gasteiger charge is -2.36. The minimum atomic E-state index is -3.50. The average Bonchev–Trinajstić information content (AvgIpc) is 3.53. The second-order valence-electron chi connectivity index (χ2n) is 10.3. The van der Waals surface area contributed by atoms with Crippen LogP contribution in [0.3, 0.4) is 0 Å². The fraction of sp³-hybridized carbons (Fsp3) is 0.583. The molecule has 1 aromatic carbocycles. The Kier molecular flexibility index (Phi) is 5.50. The maximum Gasteiger partial charge on any atom is 0.243 e. The number of hydrogen-bond donors (Lipinski definition) is 0. The first-order valence-corrected chi connectivity index (χ1v) is 13.0. The Morgan fingerprint density at radius 1 is 1.00 bits per heavy atom. The summed E-state index contributed by atoms with van der Waals surface area (Å²) in [5.74, 6) is 1.14. The highest BCUT2D eigenvalue weighted by molar-refractivity contribution is 7.89. The van der Waals surface area contributed by atoms with Crippen molar-refractivity contribution in [3.05, 3.63) is 47.9 Å². The Bertz CT molecular complexity index is 1060. The summed E-state index contributed by atoms with van der Waals surface area (Å²) in [6.45, 7) is 8.89. The summed E-state index contributed by atoms with van der Waals surface area (Å²) in [6, 6.07) is 7.51. The van der Waals surface area contributed by atoms with E-state index in [-0.39, 0.29) is 17.6 Å². The smallest absolute Gasteiger partial charge is 0.243 e. The van der Waals surface area contributed by atoms with Crippen molar-refractivity contribution in [2.24, 2.45) is 0 Å². The summed E-state index contributed by atoms with van der Waals surface area (Å²) in [4.78, 5) is 11.6. The van der Waals surface area contributed by atoms with Gasteiger partial charge in [0, 0.05) is 44.6 Å². The number of piperazine rings is 1. The van der Waals surface area contributed by atoms with Gasteiger partial charge in [0.2, 0.25) is 15.9 Å². The van der Waals surface area contributed by atoms with Crippen LogP contribution in [0.15, 0.2) is 41.6 Å². The Morgan fingerprint density at radius 2 is 1.75 bits per heavy atom. The number of ether oxygens (including phenoxy) is 1. The van der Waals surface area contributed by atoms with Crippen LogP contribution in [0.1, 0.15) is 57.2 Å². The highest BCUT2D eigenvalue weighted by Gasteiger charge is 2.41. The molecule has 3 heterocycles. The number of benzene rings is 1. The summed E-state index contributed by atoms with van der Waals surface area (Å²) in [5.41, 5.74) is 2.18. The van der Waals surface area contributed by atoms with E-state index in [0.717, 1.165) is 30.8 Å². The second kappa shape index (κ2) is 8.08. The maximum absolute atomic E-state index is 13.3. The van der Waals surface area contributed by atoms with E-state index < -0.39 is 10.0 Å². The van der Waals surface area contributed by atoms with E-state index in [2.05, 4.69) is 35.6 Å². The molecule has 2 atom stereocenters. The molecule has 2 saturated heterocycles. The molecule has 32 heavy (non-hydrogen) atoms. The zero-order valence-corrected chi connectivity index (χ0v) is 19.9. The third-order valence-electron chi connectivity index (χ3n) is 6.83. The Labute approximate surface area is 190 Å². The summed E-state index contributed by atoms with van der Waals surface area (Å²) >= 11 is 0. The van der Waals surface area contributed by atoms with E-state index >= 15 is 0 Å². The highest BCUT2D eigenvalue weighted by atomic mass is 32.2. The van der Waals surface area contributed by atoms with E-state index in [1.807, 2.05) is 18.3 Å². The van der Waals surface area contributed by atoms with Crippen LogP contribution < -0.4 is 4.74 Å². The van der Waals surface area contributed by atoms with Gasteiger partial charge in [0.15, 0.2) is 0 Å². The molecule has 2 aliphatic heterocycles. The van der Waals surface area contributed by atoms with Crippen molar-refractivity contribution in [2.75, 3.05) is 26.2 Å². The first kappa shape index (κ1) is 21.8. The molecule has 0 bridgehead atoms. The Balaban J connectivity index is 1.22. The van der Waals surface area contributed by atoms with Gasteiger partial charge in [-0.25, -0.2) is 13.4 Å². The van der Waals surface area contributed by atoms with Crippen molar-refractivity contribution in [3.63, 3.8) is 0 Å². The fourth-order valence-electron chi connectivity index (χ4n) is 4.70. The lowest BCUT2D eigenvalue weighted by molar-refractivity contribution is 0.151. The molecule has 0 amide bonds. The van der Waals surface area contributed by atoms with Gasteiger partial charge in [-0.15, -0.1) is 0 Å². The summed E-state index contributed by atoms with van der Waals surface area (Å²) in [7, 11) is -3.50. The lowest BCUT2D eigenvalue weighted by Crippen LogP contribution is -2.51. The van der Waals surface area contributed by atoms with E-state index in [1.54, 1.807) is 22.6 Å². The van der Waals surface area contributed by atoms with Gasteiger partial charge < -0.3 is 4.74 Å². The van der Waals surface area contributed by atoms with Crippen LogP contribution in [0, 0.1) is 0 Å². The molecule has 0 N–H and O–H groups in total. The van der Waals surface area contributed by atoms with Crippen molar-refractivity contribution < 1.29 is 13.2 Å². The van der Waals surface area contributed by atoms with Gasteiger partial charge in [0.1, 0.15) is 6.10 Å². The summed E-state index contributed by atoms with van der Waals surface area (Å²) < 4.78 is 34.2. The molecule has 1 aliphatic carbocycles. The highest BCUT2D eigenvalue weighted by Crippen LogP contribution is 2.38. The van der Waals surface area contributed by atoms with Gasteiger partial charge in [-0.1, -0.05) is 32.9 Å². The van der Waals surface area contributed by atoms with Gasteiger partial charge >= 0.3 is 0 Å². The zero-order valence-electron chi connectivity index (χ0n) is 19.1. The molecule has 5 rings (SSSR count). The molecule has 8 heteroatoms. The lowest BCUT2D eigenvalue weighted by atomic mass is 9.87. The monoisotopic (exact) mass is 456 g/mol. The standard InChI is InChI=1S/C24H32N4O3S/c1-24(2,3)18-6-8-21(9-7-18)32(29,30)28-11-10-27-16-20(12-19(27)15-28)31-23-14-25-22(13-26-23)17-4-5-17/h6-9,13-14,17,19-20H,4-5,10-12,15-16H2,1-3H3/t19-,20-/m0/s1. The average molecular weight is 457 g/mol. The molecular weight excluding hydrogens is 424 g/mol.